The Kier molecular flexibility index (Phi) is 3.39. The van der Waals surface area contributed by atoms with Crippen LogP contribution in [0.1, 0.15) is 21.5 Å². The quantitative estimate of drug-likeness (QED) is 0.904. The van der Waals surface area contributed by atoms with E-state index in [2.05, 4.69) is 10.3 Å². The Morgan fingerprint density at radius 2 is 1.81 bits per heavy atom. The number of carbonyl (C=O) groups excluding carboxylic acids is 1. The Hall–Kier alpha value is -2.69. The highest BCUT2D eigenvalue weighted by molar-refractivity contribution is 5.95. The second kappa shape index (κ2) is 5.36. The molecule has 0 radical (unpaired) electrons. The van der Waals surface area contributed by atoms with Gasteiger partial charge in [-0.05, 0) is 30.0 Å². The molecule has 21 heavy (non-hydrogen) atoms. The zero-order chi connectivity index (χ0) is 14.8. The Morgan fingerprint density at radius 3 is 2.43 bits per heavy atom. The third-order valence-electron chi connectivity index (χ3n) is 3.67. The minimum absolute atomic E-state index is 0.0579. The number of carboxylic acids is 1. The van der Waals surface area contributed by atoms with Crippen molar-refractivity contribution in [2.24, 2.45) is 5.92 Å². The molecule has 1 heterocycles. The van der Waals surface area contributed by atoms with Crippen molar-refractivity contribution in [1.29, 1.82) is 0 Å². The number of fused-ring (bicyclic) bond motifs is 1. The fourth-order valence-corrected chi connectivity index (χ4v) is 2.61. The third kappa shape index (κ3) is 2.76. The number of carboxylic acid groups (broad SMARTS) is 1. The highest BCUT2D eigenvalue weighted by atomic mass is 16.4. The molecule has 0 saturated heterocycles. The maximum Gasteiger partial charge on any atom is 0.337 e. The number of amides is 1. The van der Waals surface area contributed by atoms with E-state index in [1.807, 2.05) is 24.3 Å². The van der Waals surface area contributed by atoms with Crippen molar-refractivity contribution < 1.29 is 14.7 Å². The summed E-state index contributed by atoms with van der Waals surface area (Å²) in [5, 5.41) is 11.7. The molecule has 0 fully saturated rings. The van der Waals surface area contributed by atoms with Gasteiger partial charge in [-0.1, -0.05) is 24.3 Å². The van der Waals surface area contributed by atoms with Crippen molar-refractivity contribution in [3.05, 3.63) is 59.4 Å². The van der Waals surface area contributed by atoms with Crippen molar-refractivity contribution >= 4 is 17.6 Å². The minimum atomic E-state index is -1.06. The number of carbonyl (C=O) groups is 2. The van der Waals surface area contributed by atoms with Crippen LogP contribution in [0.4, 0.5) is 5.69 Å². The van der Waals surface area contributed by atoms with Gasteiger partial charge in [0, 0.05) is 12.1 Å². The van der Waals surface area contributed by atoms with Crippen LogP contribution in [0, 0.1) is 5.92 Å². The van der Waals surface area contributed by atoms with Crippen LogP contribution in [0.2, 0.25) is 0 Å². The van der Waals surface area contributed by atoms with Gasteiger partial charge in [0.1, 0.15) is 0 Å². The number of anilines is 1. The maximum absolute atomic E-state index is 12.3. The van der Waals surface area contributed by atoms with Gasteiger partial charge < -0.3 is 10.4 Å². The van der Waals surface area contributed by atoms with Crippen LogP contribution >= 0.6 is 0 Å². The number of hydrogen-bond acceptors (Lipinski definition) is 3. The smallest absolute Gasteiger partial charge is 0.337 e. The molecule has 5 nitrogen and oxygen atoms in total. The molecule has 0 bridgehead atoms. The predicted molar refractivity (Wildman–Crippen MR) is 77.2 cm³/mol. The van der Waals surface area contributed by atoms with Gasteiger partial charge >= 0.3 is 5.97 Å². The molecule has 2 N–H and O–H groups in total. The third-order valence-corrected chi connectivity index (χ3v) is 3.67. The first-order valence-electron chi connectivity index (χ1n) is 6.69. The summed E-state index contributed by atoms with van der Waals surface area (Å²) in [5.41, 5.74) is 2.88. The highest BCUT2D eigenvalue weighted by Crippen LogP contribution is 2.27. The van der Waals surface area contributed by atoms with Gasteiger partial charge in [-0.15, -0.1) is 0 Å². The number of aromatic carboxylic acids is 1. The van der Waals surface area contributed by atoms with Gasteiger partial charge in [0.2, 0.25) is 5.91 Å². The van der Waals surface area contributed by atoms with E-state index in [0.29, 0.717) is 18.5 Å². The van der Waals surface area contributed by atoms with Crippen molar-refractivity contribution in [2.75, 3.05) is 5.32 Å². The number of hydrogen-bond donors (Lipinski definition) is 2. The van der Waals surface area contributed by atoms with Gasteiger partial charge in [-0.3, -0.25) is 9.78 Å². The zero-order valence-corrected chi connectivity index (χ0v) is 11.2. The van der Waals surface area contributed by atoms with E-state index in [4.69, 9.17) is 5.11 Å². The van der Waals surface area contributed by atoms with Gasteiger partial charge in [0.25, 0.3) is 0 Å². The van der Waals surface area contributed by atoms with E-state index in [1.165, 1.54) is 29.6 Å². The number of rotatable bonds is 3. The lowest BCUT2D eigenvalue weighted by Crippen LogP contribution is -2.23. The molecule has 0 unspecified atom stereocenters. The van der Waals surface area contributed by atoms with E-state index < -0.39 is 5.97 Å². The second-order valence-corrected chi connectivity index (χ2v) is 5.13. The molecule has 2 aromatic rings. The molecular formula is C16H14N2O3. The summed E-state index contributed by atoms with van der Waals surface area (Å²) < 4.78 is 0. The van der Waals surface area contributed by atoms with Crippen molar-refractivity contribution in [2.45, 2.75) is 12.8 Å². The molecule has 1 amide bonds. The van der Waals surface area contributed by atoms with Gasteiger partial charge in [0.05, 0.1) is 17.4 Å². The molecule has 1 aromatic carbocycles. The Balaban J connectivity index is 1.71. The molecule has 1 aliphatic carbocycles. The topological polar surface area (TPSA) is 79.3 Å². The van der Waals surface area contributed by atoms with Crippen LogP contribution < -0.4 is 5.32 Å². The van der Waals surface area contributed by atoms with Crippen molar-refractivity contribution in [3.63, 3.8) is 0 Å². The lowest BCUT2D eigenvalue weighted by atomic mass is 10.1. The van der Waals surface area contributed by atoms with E-state index in [1.54, 1.807) is 0 Å². The SMILES string of the molecule is O=C(O)c1cncc(NC(=O)C2Cc3ccccc3C2)c1. The normalized spacial score (nSPS) is 13.7. The summed E-state index contributed by atoms with van der Waals surface area (Å²) in [7, 11) is 0. The van der Waals surface area contributed by atoms with Gasteiger partial charge in [-0.25, -0.2) is 4.79 Å². The number of nitrogens with zero attached hydrogens (tertiary/aromatic N) is 1. The molecule has 0 saturated carbocycles. The van der Waals surface area contributed by atoms with E-state index >= 15 is 0 Å². The monoisotopic (exact) mass is 282 g/mol. The Morgan fingerprint density at radius 1 is 1.14 bits per heavy atom. The molecule has 5 heteroatoms. The van der Waals surface area contributed by atoms with E-state index in [9.17, 15) is 9.59 Å². The summed E-state index contributed by atoms with van der Waals surface area (Å²) in [6.07, 6.45) is 4.14. The van der Waals surface area contributed by atoms with Crippen molar-refractivity contribution in [1.82, 2.24) is 4.98 Å². The van der Waals surface area contributed by atoms with Gasteiger partial charge in [0.15, 0.2) is 0 Å². The van der Waals surface area contributed by atoms with Crippen LogP contribution in [0.5, 0.6) is 0 Å². The van der Waals surface area contributed by atoms with Crippen LogP contribution in [0.25, 0.3) is 0 Å². The van der Waals surface area contributed by atoms with Crippen molar-refractivity contribution in [3.8, 4) is 0 Å². The molecule has 1 aliphatic rings. The van der Waals surface area contributed by atoms with E-state index in [-0.39, 0.29) is 17.4 Å². The van der Waals surface area contributed by atoms with Gasteiger partial charge in [-0.2, -0.15) is 0 Å². The molecule has 0 aliphatic heterocycles. The maximum atomic E-state index is 12.3. The predicted octanol–water partition coefficient (Wildman–Crippen LogP) is 2.13. The van der Waals surface area contributed by atoms with Crippen LogP contribution in [0.3, 0.4) is 0 Å². The fraction of sp³-hybridized carbons (Fsp3) is 0.188. The molecule has 3 rings (SSSR count). The summed E-state index contributed by atoms with van der Waals surface area (Å²) in [6.45, 7) is 0. The Labute approximate surface area is 121 Å². The minimum Gasteiger partial charge on any atom is -0.478 e. The average molecular weight is 282 g/mol. The summed E-state index contributed by atoms with van der Waals surface area (Å²) >= 11 is 0. The molecule has 106 valence electrons. The summed E-state index contributed by atoms with van der Waals surface area (Å²) in [5.74, 6) is -1.28. The second-order valence-electron chi connectivity index (χ2n) is 5.13. The molecule has 0 atom stereocenters. The number of aromatic nitrogens is 1. The standard InChI is InChI=1S/C16H14N2O3/c19-15(12-5-10-3-1-2-4-11(10)6-12)18-14-7-13(16(20)21)8-17-9-14/h1-4,7-9,12H,5-6H2,(H,18,19)(H,20,21). The first-order chi connectivity index (χ1) is 10.1. The van der Waals surface area contributed by atoms with Crippen LogP contribution in [-0.2, 0) is 17.6 Å². The molecular weight excluding hydrogens is 268 g/mol. The zero-order valence-electron chi connectivity index (χ0n) is 11.2. The number of benzene rings is 1. The van der Waals surface area contributed by atoms with Crippen LogP contribution in [0.15, 0.2) is 42.7 Å². The lowest BCUT2D eigenvalue weighted by Gasteiger charge is -2.10. The first kappa shape index (κ1) is 13.3. The van der Waals surface area contributed by atoms with Crippen LogP contribution in [-0.4, -0.2) is 22.0 Å². The Bertz CT molecular complexity index is 687. The molecule has 0 spiro atoms. The summed E-state index contributed by atoms with van der Waals surface area (Å²) in [6, 6.07) is 9.43. The largest absolute Gasteiger partial charge is 0.478 e. The lowest BCUT2D eigenvalue weighted by molar-refractivity contribution is -0.119. The highest BCUT2D eigenvalue weighted by Gasteiger charge is 2.27. The fourth-order valence-electron chi connectivity index (χ4n) is 2.61. The average Bonchev–Trinajstić information content (AvgIpc) is 2.91. The first-order valence-corrected chi connectivity index (χ1v) is 6.69. The number of nitrogens with one attached hydrogen (secondary N) is 1. The van der Waals surface area contributed by atoms with E-state index in [0.717, 1.165) is 0 Å². The molecule has 1 aromatic heterocycles. The number of pyridine rings is 1. The summed E-state index contributed by atoms with van der Waals surface area (Å²) in [4.78, 5) is 27.0.